The van der Waals surface area contributed by atoms with E-state index in [1.54, 1.807) is 13.8 Å². The monoisotopic (exact) mass is 306 g/mol. The first kappa shape index (κ1) is 16.6. The van der Waals surface area contributed by atoms with E-state index in [0.717, 1.165) is 4.31 Å². The van der Waals surface area contributed by atoms with Gasteiger partial charge in [-0.05, 0) is 13.3 Å². The highest BCUT2D eigenvalue weighted by molar-refractivity contribution is 7.89. The van der Waals surface area contributed by atoms with E-state index in [1.807, 2.05) is 0 Å². The van der Waals surface area contributed by atoms with Gasteiger partial charge in [-0.15, -0.1) is 0 Å². The van der Waals surface area contributed by atoms with Gasteiger partial charge in [0.25, 0.3) is 0 Å². The van der Waals surface area contributed by atoms with Crippen LogP contribution in [0.5, 0.6) is 0 Å². The number of esters is 1. The molecule has 0 radical (unpaired) electrons. The van der Waals surface area contributed by atoms with Gasteiger partial charge in [0.05, 0.1) is 25.3 Å². The van der Waals surface area contributed by atoms with Crippen molar-refractivity contribution in [3.05, 3.63) is 0 Å². The number of sulfonamides is 1. The molecule has 1 N–H and O–H groups in total. The minimum Gasteiger partial charge on any atom is -0.466 e. The summed E-state index contributed by atoms with van der Waals surface area (Å²) in [6.45, 7) is 3.03. The summed E-state index contributed by atoms with van der Waals surface area (Å²) < 4.78 is 29.8. The number of nitrogens with zero attached hydrogens (tertiary/aromatic N) is 1. The molecular formula is C11H18N2O6S. The first-order valence-corrected chi connectivity index (χ1v) is 7.91. The van der Waals surface area contributed by atoms with Crippen LogP contribution in [0.15, 0.2) is 0 Å². The molecule has 2 amide bonds. The SMILES string of the molecule is CCOC(=O)CCS(=O)(=O)N1CC(=O)NC(=O)C1CC. The van der Waals surface area contributed by atoms with E-state index in [1.165, 1.54) is 0 Å². The van der Waals surface area contributed by atoms with Crippen molar-refractivity contribution in [1.82, 2.24) is 9.62 Å². The van der Waals surface area contributed by atoms with E-state index < -0.39 is 46.1 Å². The number of hydrogen-bond donors (Lipinski definition) is 1. The fraction of sp³-hybridized carbons (Fsp3) is 0.727. The Hall–Kier alpha value is -1.48. The predicted molar refractivity (Wildman–Crippen MR) is 69.0 cm³/mol. The number of nitrogens with one attached hydrogen (secondary N) is 1. The average molecular weight is 306 g/mol. The Bertz CT molecular complexity index is 501. The summed E-state index contributed by atoms with van der Waals surface area (Å²) in [6.07, 6.45) is -0.0589. The van der Waals surface area contributed by atoms with Gasteiger partial charge in [-0.1, -0.05) is 6.92 Å². The molecule has 0 spiro atoms. The quantitative estimate of drug-likeness (QED) is 0.498. The molecule has 0 aromatic rings. The summed E-state index contributed by atoms with van der Waals surface area (Å²) in [4.78, 5) is 34.1. The molecule has 1 heterocycles. The largest absolute Gasteiger partial charge is 0.466 e. The van der Waals surface area contributed by atoms with Gasteiger partial charge >= 0.3 is 5.97 Å². The highest BCUT2D eigenvalue weighted by Gasteiger charge is 2.39. The normalized spacial score (nSPS) is 20.6. The molecule has 0 aliphatic carbocycles. The zero-order valence-corrected chi connectivity index (χ0v) is 12.2. The number of rotatable bonds is 6. The molecule has 1 saturated heterocycles. The number of ether oxygens (including phenoxy) is 1. The summed E-state index contributed by atoms with van der Waals surface area (Å²) in [5.74, 6) is -2.41. The zero-order chi connectivity index (χ0) is 15.3. The Morgan fingerprint density at radius 2 is 2.05 bits per heavy atom. The Balaban J connectivity index is 2.80. The van der Waals surface area contributed by atoms with Crippen LogP contribution in [0.2, 0.25) is 0 Å². The van der Waals surface area contributed by atoms with Crippen LogP contribution < -0.4 is 5.32 Å². The van der Waals surface area contributed by atoms with E-state index in [0.29, 0.717) is 0 Å². The second-order valence-corrected chi connectivity index (χ2v) is 6.29. The molecule has 9 heteroatoms. The lowest BCUT2D eigenvalue weighted by molar-refractivity contribution is -0.142. The van der Waals surface area contributed by atoms with E-state index in [4.69, 9.17) is 0 Å². The minimum absolute atomic E-state index is 0.168. The van der Waals surface area contributed by atoms with E-state index in [-0.39, 0.29) is 19.4 Å². The molecule has 1 fully saturated rings. The molecule has 1 aliphatic rings. The summed E-state index contributed by atoms with van der Waals surface area (Å²) in [5, 5.41) is 2.09. The molecule has 1 aliphatic heterocycles. The molecule has 0 bridgehead atoms. The topological polar surface area (TPSA) is 110 Å². The van der Waals surface area contributed by atoms with Crippen molar-refractivity contribution in [2.75, 3.05) is 18.9 Å². The zero-order valence-electron chi connectivity index (χ0n) is 11.4. The van der Waals surface area contributed by atoms with Gasteiger partial charge in [0.1, 0.15) is 6.04 Å². The number of amides is 2. The van der Waals surface area contributed by atoms with Crippen LogP contribution in [0, 0.1) is 0 Å². The van der Waals surface area contributed by atoms with Gasteiger partial charge in [-0.3, -0.25) is 19.7 Å². The van der Waals surface area contributed by atoms with Gasteiger partial charge < -0.3 is 4.74 Å². The lowest BCUT2D eigenvalue weighted by Crippen LogP contribution is -2.59. The van der Waals surface area contributed by atoms with Crippen molar-refractivity contribution in [2.45, 2.75) is 32.7 Å². The standard InChI is InChI=1S/C11H18N2O6S/c1-3-8-11(16)12-9(14)7-13(8)20(17,18)6-5-10(15)19-4-2/h8H,3-7H2,1-2H3,(H,12,14,16). The van der Waals surface area contributed by atoms with Crippen LogP contribution in [0.1, 0.15) is 26.7 Å². The Morgan fingerprint density at radius 1 is 1.40 bits per heavy atom. The summed E-state index contributed by atoms with van der Waals surface area (Å²) in [5.41, 5.74) is 0. The number of piperazine rings is 1. The van der Waals surface area contributed by atoms with Crippen molar-refractivity contribution in [3.8, 4) is 0 Å². The molecule has 0 aromatic carbocycles. The van der Waals surface area contributed by atoms with Gasteiger partial charge in [0.2, 0.25) is 21.8 Å². The maximum Gasteiger partial charge on any atom is 0.306 e. The molecule has 114 valence electrons. The van der Waals surface area contributed by atoms with Gasteiger partial charge in [-0.2, -0.15) is 4.31 Å². The third-order valence-corrected chi connectivity index (χ3v) is 4.64. The average Bonchev–Trinajstić information content (AvgIpc) is 2.36. The summed E-state index contributed by atoms with van der Waals surface area (Å²) in [6, 6.07) is -0.917. The fourth-order valence-electron chi connectivity index (χ4n) is 1.89. The number of carbonyl (C=O) groups is 3. The molecule has 20 heavy (non-hydrogen) atoms. The van der Waals surface area contributed by atoms with Crippen LogP contribution in [0.4, 0.5) is 0 Å². The van der Waals surface area contributed by atoms with Crippen LogP contribution >= 0.6 is 0 Å². The fourth-order valence-corrected chi connectivity index (χ4v) is 3.49. The number of hydrogen-bond acceptors (Lipinski definition) is 6. The first-order valence-electron chi connectivity index (χ1n) is 6.30. The molecule has 0 saturated carbocycles. The lowest BCUT2D eigenvalue weighted by Gasteiger charge is -2.32. The summed E-state index contributed by atoms with van der Waals surface area (Å²) in [7, 11) is -3.87. The smallest absolute Gasteiger partial charge is 0.306 e. The van der Waals surface area contributed by atoms with Crippen LogP contribution in [0.25, 0.3) is 0 Å². The van der Waals surface area contributed by atoms with Crippen LogP contribution in [-0.2, 0) is 29.1 Å². The third-order valence-electron chi connectivity index (χ3n) is 2.83. The molecule has 8 nitrogen and oxygen atoms in total. The van der Waals surface area contributed by atoms with Crippen molar-refractivity contribution in [3.63, 3.8) is 0 Å². The Morgan fingerprint density at radius 3 is 2.60 bits per heavy atom. The molecule has 1 rings (SSSR count). The van der Waals surface area contributed by atoms with E-state index >= 15 is 0 Å². The maximum atomic E-state index is 12.1. The molecular weight excluding hydrogens is 288 g/mol. The third kappa shape index (κ3) is 4.01. The molecule has 0 aromatic heterocycles. The van der Waals surface area contributed by atoms with E-state index in [9.17, 15) is 22.8 Å². The highest BCUT2D eigenvalue weighted by atomic mass is 32.2. The second kappa shape index (κ2) is 6.80. The minimum atomic E-state index is -3.87. The maximum absolute atomic E-state index is 12.1. The Labute approximate surface area is 117 Å². The van der Waals surface area contributed by atoms with Crippen LogP contribution in [0.3, 0.4) is 0 Å². The summed E-state index contributed by atoms with van der Waals surface area (Å²) >= 11 is 0. The van der Waals surface area contributed by atoms with Gasteiger partial charge in [0.15, 0.2) is 0 Å². The lowest BCUT2D eigenvalue weighted by atomic mass is 10.2. The number of carbonyl (C=O) groups excluding carboxylic acids is 3. The highest BCUT2D eigenvalue weighted by Crippen LogP contribution is 2.15. The van der Waals surface area contributed by atoms with Gasteiger partial charge in [-0.25, -0.2) is 8.42 Å². The van der Waals surface area contributed by atoms with Crippen molar-refractivity contribution < 1.29 is 27.5 Å². The predicted octanol–water partition coefficient (Wildman–Crippen LogP) is -0.994. The van der Waals surface area contributed by atoms with E-state index in [2.05, 4.69) is 10.1 Å². The van der Waals surface area contributed by atoms with Gasteiger partial charge in [0, 0.05) is 0 Å². The van der Waals surface area contributed by atoms with Crippen molar-refractivity contribution in [1.29, 1.82) is 0 Å². The molecule has 1 unspecified atom stereocenters. The molecule has 1 atom stereocenters. The van der Waals surface area contributed by atoms with Crippen molar-refractivity contribution >= 4 is 27.8 Å². The van der Waals surface area contributed by atoms with Crippen molar-refractivity contribution in [2.24, 2.45) is 0 Å². The number of imide groups is 1. The second-order valence-electron chi connectivity index (χ2n) is 4.25. The van der Waals surface area contributed by atoms with Crippen LogP contribution in [-0.4, -0.2) is 55.5 Å². The Kier molecular flexibility index (Phi) is 5.63. The first-order chi connectivity index (χ1) is 9.31.